The minimum atomic E-state index is -0.0873. The van der Waals surface area contributed by atoms with Crippen molar-refractivity contribution in [2.24, 2.45) is 0 Å². The second kappa shape index (κ2) is 6.26. The van der Waals surface area contributed by atoms with Crippen molar-refractivity contribution in [1.82, 2.24) is 4.98 Å². The first-order valence-corrected chi connectivity index (χ1v) is 8.14. The number of carbonyl (C=O) groups is 1. The van der Waals surface area contributed by atoms with E-state index < -0.39 is 0 Å². The molecule has 1 saturated carbocycles. The SMILES string of the molecule is Cc1nc(NC2CCCC2)sc1C(=O)Nc1ccccc1. The van der Waals surface area contributed by atoms with Gasteiger partial charge in [0.2, 0.25) is 0 Å². The molecule has 0 atom stereocenters. The first-order valence-electron chi connectivity index (χ1n) is 7.33. The van der Waals surface area contributed by atoms with Crippen LogP contribution in [0.2, 0.25) is 0 Å². The van der Waals surface area contributed by atoms with Gasteiger partial charge in [-0.05, 0) is 31.9 Å². The topological polar surface area (TPSA) is 54.0 Å². The lowest BCUT2D eigenvalue weighted by Crippen LogP contribution is -2.14. The van der Waals surface area contributed by atoms with Crippen molar-refractivity contribution in [2.75, 3.05) is 10.6 Å². The average molecular weight is 301 g/mol. The van der Waals surface area contributed by atoms with E-state index in [9.17, 15) is 4.79 Å². The van der Waals surface area contributed by atoms with Crippen LogP contribution in [0, 0.1) is 6.92 Å². The van der Waals surface area contributed by atoms with Crippen molar-refractivity contribution >= 4 is 28.1 Å². The Bertz CT molecular complexity index is 618. The Morgan fingerprint density at radius 1 is 1.24 bits per heavy atom. The molecule has 1 aromatic heterocycles. The maximum atomic E-state index is 12.3. The fourth-order valence-corrected chi connectivity index (χ4v) is 3.56. The van der Waals surface area contributed by atoms with E-state index >= 15 is 0 Å². The number of thiazole rings is 1. The third kappa shape index (κ3) is 3.42. The number of hydrogen-bond donors (Lipinski definition) is 2. The number of aryl methyl sites for hydroxylation is 1. The molecule has 1 amide bonds. The highest BCUT2D eigenvalue weighted by molar-refractivity contribution is 7.17. The summed E-state index contributed by atoms with van der Waals surface area (Å²) >= 11 is 1.44. The Kier molecular flexibility index (Phi) is 4.20. The maximum absolute atomic E-state index is 12.3. The van der Waals surface area contributed by atoms with Gasteiger partial charge in [-0.1, -0.05) is 42.4 Å². The highest BCUT2D eigenvalue weighted by Crippen LogP contribution is 2.27. The lowest BCUT2D eigenvalue weighted by Gasteiger charge is -2.09. The van der Waals surface area contributed by atoms with Gasteiger partial charge in [0.15, 0.2) is 5.13 Å². The van der Waals surface area contributed by atoms with E-state index in [1.165, 1.54) is 37.0 Å². The molecule has 1 aliphatic carbocycles. The fraction of sp³-hybridized carbons (Fsp3) is 0.375. The molecule has 0 radical (unpaired) electrons. The second-order valence-corrected chi connectivity index (χ2v) is 6.38. The minimum Gasteiger partial charge on any atom is -0.359 e. The van der Waals surface area contributed by atoms with Gasteiger partial charge in [0.25, 0.3) is 5.91 Å². The predicted molar refractivity (Wildman–Crippen MR) is 87.1 cm³/mol. The number of aromatic nitrogens is 1. The normalized spacial score (nSPS) is 15.1. The molecule has 1 fully saturated rings. The summed E-state index contributed by atoms with van der Waals surface area (Å²) in [5, 5.41) is 7.22. The van der Waals surface area contributed by atoms with E-state index in [2.05, 4.69) is 15.6 Å². The third-order valence-electron chi connectivity index (χ3n) is 3.72. The van der Waals surface area contributed by atoms with Gasteiger partial charge in [0, 0.05) is 11.7 Å². The van der Waals surface area contributed by atoms with Gasteiger partial charge < -0.3 is 10.6 Å². The Labute approximate surface area is 128 Å². The standard InChI is InChI=1S/C16H19N3OS/c1-11-14(15(20)18-12-7-3-2-4-8-12)21-16(17-11)19-13-9-5-6-10-13/h2-4,7-8,13H,5-6,9-10H2,1H3,(H,17,19)(H,18,20). The summed E-state index contributed by atoms with van der Waals surface area (Å²) in [6.45, 7) is 1.89. The zero-order valence-corrected chi connectivity index (χ0v) is 12.9. The maximum Gasteiger partial charge on any atom is 0.267 e. The number of carbonyl (C=O) groups excluding carboxylic acids is 1. The van der Waals surface area contributed by atoms with Gasteiger partial charge in [-0.2, -0.15) is 0 Å². The molecule has 1 aromatic carbocycles. The lowest BCUT2D eigenvalue weighted by atomic mass is 10.3. The van der Waals surface area contributed by atoms with Crippen molar-refractivity contribution in [1.29, 1.82) is 0 Å². The number of nitrogens with one attached hydrogen (secondary N) is 2. The molecule has 0 bridgehead atoms. The number of nitrogens with zero attached hydrogens (tertiary/aromatic N) is 1. The second-order valence-electron chi connectivity index (χ2n) is 5.38. The Morgan fingerprint density at radius 3 is 2.67 bits per heavy atom. The molecule has 2 aromatic rings. The van der Waals surface area contributed by atoms with E-state index in [1.54, 1.807) is 0 Å². The molecule has 0 saturated heterocycles. The van der Waals surface area contributed by atoms with Crippen molar-refractivity contribution < 1.29 is 4.79 Å². The van der Waals surface area contributed by atoms with Crippen LogP contribution in [0.3, 0.4) is 0 Å². The quantitative estimate of drug-likeness (QED) is 0.895. The Hall–Kier alpha value is -1.88. The molecule has 2 N–H and O–H groups in total. The third-order valence-corrected chi connectivity index (χ3v) is 4.80. The smallest absolute Gasteiger partial charge is 0.267 e. The van der Waals surface area contributed by atoms with Gasteiger partial charge in [0.1, 0.15) is 4.88 Å². The number of rotatable bonds is 4. The summed E-state index contributed by atoms with van der Waals surface area (Å²) in [5.74, 6) is -0.0873. The van der Waals surface area contributed by atoms with Gasteiger partial charge in [-0.15, -0.1) is 0 Å². The number of amides is 1. The van der Waals surface area contributed by atoms with E-state index in [4.69, 9.17) is 0 Å². The van der Waals surface area contributed by atoms with Crippen molar-refractivity contribution in [3.63, 3.8) is 0 Å². The van der Waals surface area contributed by atoms with Crippen LogP contribution in [0.15, 0.2) is 30.3 Å². The van der Waals surface area contributed by atoms with Crippen LogP contribution in [0.25, 0.3) is 0 Å². The summed E-state index contributed by atoms with van der Waals surface area (Å²) in [4.78, 5) is 17.5. The van der Waals surface area contributed by atoms with E-state index in [1.807, 2.05) is 37.3 Å². The largest absolute Gasteiger partial charge is 0.359 e. The van der Waals surface area contributed by atoms with Crippen LogP contribution >= 0.6 is 11.3 Å². The van der Waals surface area contributed by atoms with Crippen LogP contribution in [-0.4, -0.2) is 16.9 Å². The van der Waals surface area contributed by atoms with Crippen LogP contribution in [0.1, 0.15) is 41.0 Å². The zero-order valence-electron chi connectivity index (χ0n) is 12.1. The van der Waals surface area contributed by atoms with Crippen LogP contribution in [0.5, 0.6) is 0 Å². The van der Waals surface area contributed by atoms with Crippen LogP contribution < -0.4 is 10.6 Å². The molecule has 5 heteroatoms. The van der Waals surface area contributed by atoms with Crippen molar-refractivity contribution in [3.05, 3.63) is 40.9 Å². The van der Waals surface area contributed by atoms with Gasteiger partial charge in [-0.3, -0.25) is 4.79 Å². The Balaban J connectivity index is 1.69. The number of benzene rings is 1. The lowest BCUT2D eigenvalue weighted by molar-refractivity contribution is 0.103. The van der Waals surface area contributed by atoms with E-state index in [0.29, 0.717) is 10.9 Å². The molecule has 0 spiro atoms. The highest BCUT2D eigenvalue weighted by atomic mass is 32.1. The number of hydrogen-bond acceptors (Lipinski definition) is 4. The summed E-state index contributed by atoms with van der Waals surface area (Å²) in [6.07, 6.45) is 4.96. The van der Waals surface area contributed by atoms with Gasteiger partial charge >= 0.3 is 0 Å². The fourth-order valence-electron chi connectivity index (χ4n) is 2.62. The number of para-hydroxylation sites is 1. The molecular weight excluding hydrogens is 282 g/mol. The zero-order chi connectivity index (χ0) is 14.7. The monoisotopic (exact) mass is 301 g/mol. The summed E-state index contributed by atoms with van der Waals surface area (Å²) in [5.41, 5.74) is 1.59. The molecule has 1 heterocycles. The molecule has 21 heavy (non-hydrogen) atoms. The summed E-state index contributed by atoms with van der Waals surface area (Å²) < 4.78 is 0. The van der Waals surface area contributed by atoms with Crippen molar-refractivity contribution in [3.8, 4) is 0 Å². The number of anilines is 2. The molecule has 0 unspecified atom stereocenters. The summed E-state index contributed by atoms with van der Waals surface area (Å²) in [6, 6.07) is 10.0. The average Bonchev–Trinajstić information content (AvgIpc) is 3.10. The van der Waals surface area contributed by atoms with Gasteiger partial charge in [-0.25, -0.2) is 4.98 Å². The molecule has 3 rings (SSSR count). The molecule has 4 nitrogen and oxygen atoms in total. The summed E-state index contributed by atoms with van der Waals surface area (Å²) in [7, 11) is 0. The van der Waals surface area contributed by atoms with Crippen molar-refractivity contribution in [2.45, 2.75) is 38.6 Å². The molecule has 110 valence electrons. The molecule has 0 aliphatic heterocycles. The van der Waals surface area contributed by atoms with E-state index in [-0.39, 0.29) is 5.91 Å². The first-order chi connectivity index (χ1) is 10.2. The first kappa shape index (κ1) is 14.1. The predicted octanol–water partition coefficient (Wildman–Crippen LogP) is 4.06. The van der Waals surface area contributed by atoms with Gasteiger partial charge in [0.05, 0.1) is 5.69 Å². The van der Waals surface area contributed by atoms with E-state index in [0.717, 1.165) is 16.5 Å². The van der Waals surface area contributed by atoms with Crippen LogP contribution in [-0.2, 0) is 0 Å². The molecular formula is C16H19N3OS. The minimum absolute atomic E-state index is 0.0873. The van der Waals surface area contributed by atoms with Crippen LogP contribution in [0.4, 0.5) is 10.8 Å². The Morgan fingerprint density at radius 2 is 1.95 bits per heavy atom. The molecule has 1 aliphatic rings. The highest BCUT2D eigenvalue weighted by Gasteiger charge is 2.19.